The topological polar surface area (TPSA) is 42.0 Å². The van der Waals surface area contributed by atoms with E-state index in [-0.39, 0.29) is 16.6 Å². The van der Waals surface area contributed by atoms with Crippen molar-refractivity contribution in [2.24, 2.45) is 28.6 Å². The maximum atomic E-state index is 11.9. The van der Waals surface area contributed by atoms with Gasteiger partial charge in [0.1, 0.15) is 0 Å². The summed E-state index contributed by atoms with van der Waals surface area (Å²) in [6.07, 6.45) is 13.2. The van der Waals surface area contributed by atoms with E-state index < -0.39 is 0 Å². The van der Waals surface area contributed by atoms with Gasteiger partial charge >= 0.3 is 0 Å². The number of piperidine rings is 1. The lowest BCUT2D eigenvalue weighted by atomic mass is 9.50. The summed E-state index contributed by atoms with van der Waals surface area (Å²) in [7, 11) is 0. The molecular weight excluding hydrogens is 356 g/mol. The van der Waals surface area contributed by atoms with Crippen LogP contribution in [0.25, 0.3) is 5.57 Å². The normalized spacial score (nSPS) is 40.3. The predicted molar refractivity (Wildman–Crippen MR) is 108 cm³/mol. The zero-order chi connectivity index (χ0) is 18.8. The molecule has 2 fully saturated rings. The average molecular weight is 383 g/mol. The van der Waals surface area contributed by atoms with Gasteiger partial charge in [-0.3, -0.25) is 9.78 Å². The van der Waals surface area contributed by atoms with Gasteiger partial charge < -0.3 is 5.32 Å². The number of hydrogen-bond acceptors (Lipinski definition) is 3. The summed E-state index contributed by atoms with van der Waals surface area (Å²) in [5, 5.41) is 4.48. The molecule has 1 N–H and O–H groups in total. The Labute approximate surface area is 166 Å². The van der Waals surface area contributed by atoms with Crippen molar-refractivity contribution in [3.63, 3.8) is 0 Å². The van der Waals surface area contributed by atoms with Crippen molar-refractivity contribution in [2.75, 3.05) is 6.54 Å². The number of carbonyl (C=O) groups is 1. The fraction of sp³-hybridized carbons (Fsp3) is 0.565. The van der Waals surface area contributed by atoms with Gasteiger partial charge in [-0.05, 0) is 60.5 Å². The third kappa shape index (κ3) is 2.40. The number of nitrogens with one attached hydrogen (secondary N) is 1. The van der Waals surface area contributed by atoms with E-state index in [2.05, 4.69) is 30.2 Å². The zero-order valence-corrected chi connectivity index (χ0v) is 16.9. The quantitative estimate of drug-likeness (QED) is 0.740. The Morgan fingerprint density at radius 3 is 2.89 bits per heavy atom. The van der Waals surface area contributed by atoms with Crippen LogP contribution in [0.1, 0.15) is 51.5 Å². The van der Waals surface area contributed by atoms with Gasteiger partial charge in [-0.1, -0.05) is 31.5 Å². The van der Waals surface area contributed by atoms with Gasteiger partial charge in [0, 0.05) is 48.1 Å². The molecule has 0 aromatic carbocycles. The Hall–Kier alpha value is -1.61. The minimum atomic E-state index is 0.132. The number of pyridine rings is 1. The molecule has 5 rings (SSSR count). The third-order valence-corrected chi connectivity index (χ3v) is 8.56. The van der Waals surface area contributed by atoms with E-state index in [0.29, 0.717) is 24.2 Å². The lowest BCUT2D eigenvalue weighted by Gasteiger charge is -2.58. The molecule has 1 saturated carbocycles. The third-order valence-electron chi connectivity index (χ3n) is 8.23. The number of nitrogens with zero attached hydrogens (tertiary/aromatic N) is 1. The fourth-order valence-electron chi connectivity index (χ4n) is 6.71. The minimum absolute atomic E-state index is 0.132. The summed E-state index contributed by atoms with van der Waals surface area (Å²) in [6, 6.07) is 1.90. The van der Waals surface area contributed by atoms with Crippen LogP contribution in [-0.4, -0.2) is 17.3 Å². The molecule has 1 aromatic heterocycles. The molecule has 1 aliphatic heterocycles. The Kier molecular flexibility index (Phi) is 3.85. The SMILES string of the molecule is C[C@]12CCC(=O)C=C1NC[C@@H]1[C@@H]2CC[C@]2(C)C(c3cnccc3Cl)=CC[C@@H]12. The monoisotopic (exact) mass is 382 g/mol. The van der Waals surface area contributed by atoms with Gasteiger partial charge in [-0.2, -0.15) is 0 Å². The van der Waals surface area contributed by atoms with Crippen molar-refractivity contribution in [3.05, 3.63) is 46.9 Å². The van der Waals surface area contributed by atoms with Gasteiger partial charge in [0.2, 0.25) is 0 Å². The molecule has 4 heteroatoms. The maximum Gasteiger partial charge on any atom is 0.157 e. The lowest BCUT2D eigenvalue weighted by Crippen LogP contribution is -2.56. The van der Waals surface area contributed by atoms with Gasteiger partial charge in [0.05, 0.1) is 5.02 Å². The number of rotatable bonds is 1. The summed E-state index contributed by atoms with van der Waals surface area (Å²) in [5.41, 5.74) is 4.01. The van der Waals surface area contributed by atoms with E-state index in [9.17, 15) is 4.79 Å². The minimum Gasteiger partial charge on any atom is -0.387 e. The number of carbonyl (C=O) groups excluding carboxylic acids is 1. The van der Waals surface area contributed by atoms with E-state index in [0.717, 1.165) is 30.0 Å². The molecule has 3 nitrogen and oxygen atoms in total. The maximum absolute atomic E-state index is 11.9. The van der Waals surface area contributed by atoms with Crippen molar-refractivity contribution < 1.29 is 4.79 Å². The highest BCUT2D eigenvalue weighted by atomic mass is 35.5. The van der Waals surface area contributed by atoms with Gasteiger partial charge in [0.15, 0.2) is 5.78 Å². The molecule has 0 unspecified atom stereocenters. The highest BCUT2D eigenvalue weighted by molar-refractivity contribution is 6.32. The second-order valence-corrected chi connectivity index (χ2v) is 9.77. The average Bonchev–Trinajstić information content (AvgIpc) is 3.00. The number of fused-ring (bicyclic) bond motifs is 5. The molecule has 1 aromatic rings. The smallest absolute Gasteiger partial charge is 0.157 e. The second-order valence-electron chi connectivity index (χ2n) is 9.36. The van der Waals surface area contributed by atoms with Crippen molar-refractivity contribution >= 4 is 23.0 Å². The molecule has 3 aliphatic carbocycles. The molecule has 27 heavy (non-hydrogen) atoms. The summed E-state index contributed by atoms with van der Waals surface area (Å²) in [5.74, 6) is 2.22. The van der Waals surface area contributed by atoms with Crippen molar-refractivity contribution in [2.45, 2.75) is 46.0 Å². The molecule has 5 atom stereocenters. The summed E-state index contributed by atoms with van der Waals surface area (Å²) in [6.45, 7) is 5.81. The van der Waals surface area contributed by atoms with E-state index in [1.54, 1.807) is 6.20 Å². The molecular formula is C23H27ClN2O. The molecule has 1 saturated heterocycles. The summed E-state index contributed by atoms with van der Waals surface area (Å²) < 4.78 is 0. The van der Waals surface area contributed by atoms with Gasteiger partial charge in [-0.25, -0.2) is 0 Å². The van der Waals surface area contributed by atoms with Crippen LogP contribution in [0.5, 0.6) is 0 Å². The fourth-order valence-corrected chi connectivity index (χ4v) is 6.91. The number of hydrogen-bond donors (Lipinski definition) is 1. The van der Waals surface area contributed by atoms with Crippen LogP contribution >= 0.6 is 11.6 Å². The standard InChI is InChI=1S/C23H27ClN2O/c1-22-9-6-19-15(13-26-21-11-14(27)5-8-23(19,21)2)17(22)3-4-18(22)16-12-25-10-7-20(16)24/h4,7,10-12,15,17,19,26H,3,5-6,8-9,13H2,1-2H3/t15-,17-,19-,22-,23+/m0/s1. The molecule has 2 heterocycles. The highest BCUT2D eigenvalue weighted by Gasteiger charge is 2.57. The van der Waals surface area contributed by atoms with Gasteiger partial charge in [0.25, 0.3) is 0 Å². The first-order chi connectivity index (χ1) is 12.9. The van der Waals surface area contributed by atoms with E-state index in [1.165, 1.54) is 24.1 Å². The Morgan fingerprint density at radius 1 is 1.22 bits per heavy atom. The first-order valence-corrected chi connectivity index (χ1v) is 10.6. The predicted octanol–water partition coefficient (Wildman–Crippen LogP) is 5.03. The van der Waals surface area contributed by atoms with Crippen molar-refractivity contribution in [1.29, 1.82) is 0 Å². The molecule has 0 spiro atoms. The lowest BCUT2D eigenvalue weighted by molar-refractivity contribution is -0.117. The molecule has 0 bridgehead atoms. The Bertz CT molecular complexity index is 875. The highest BCUT2D eigenvalue weighted by Crippen LogP contribution is 2.64. The zero-order valence-electron chi connectivity index (χ0n) is 16.1. The summed E-state index contributed by atoms with van der Waals surface area (Å²) in [4.78, 5) is 16.3. The van der Waals surface area contributed by atoms with E-state index in [4.69, 9.17) is 11.6 Å². The number of halogens is 1. The van der Waals surface area contributed by atoms with Crippen LogP contribution in [0.3, 0.4) is 0 Å². The first kappa shape index (κ1) is 17.5. The van der Waals surface area contributed by atoms with Crippen LogP contribution in [0.4, 0.5) is 0 Å². The Morgan fingerprint density at radius 2 is 2.07 bits per heavy atom. The first-order valence-electron chi connectivity index (χ1n) is 10.2. The van der Waals surface area contributed by atoms with Crippen LogP contribution < -0.4 is 5.32 Å². The van der Waals surface area contributed by atoms with E-state index >= 15 is 0 Å². The summed E-state index contributed by atoms with van der Waals surface area (Å²) >= 11 is 6.53. The van der Waals surface area contributed by atoms with Crippen LogP contribution in [0.15, 0.2) is 36.3 Å². The molecule has 0 amide bonds. The largest absolute Gasteiger partial charge is 0.387 e. The molecule has 0 radical (unpaired) electrons. The van der Waals surface area contributed by atoms with Crippen LogP contribution in [0.2, 0.25) is 5.02 Å². The molecule has 142 valence electrons. The van der Waals surface area contributed by atoms with Crippen molar-refractivity contribution in [1.82, 2.24) is 10.3 Å². The van der Waals surface area contributed by atoms with Crippen LogP contribution in [-0.2, 0) is 4.79 Å². The molecule has 4 aliphatic rings. The second kappa shape index (κ2) is 5.94. The number of allylic oxidation sites excluding steroid dienone is 4. The van der Waals surface area contributed by atoms with Gasteiger partial charge in [-0.15, -0.1) is 0 Å². The number of ketones is 1. The Balaban J connectivity index is 1.49. The number of aromatic nitrogens is 1. The van der Waals surface area contributed by atoms with Crippen LogP contribution in [0, 0.1) is 28.6 Å². The van der Waals surface area contributed by atoms with Crippen molar-refractivity contribution in [3.8, 4) is 0 Å². The van der Waals surface area contributed by atoms with E-state index in [1.807, 2.05) is 18.3 Å².